The molecule has 1 aliphatic heterocycles. The van der Waals surface area contributed by atoms with Gasteiger partial charge in [-0.2, -0.15) is 0 Å². The van der Waals surface area contributed by atoms with Crippen LogP contribution < -0.4 is 0 Å². The van der Waals surface area contributed by atoms with Crippen molar-refractivity contribution in [2.24, 2.45) is 0 Å². The molecule has 0 saturated carbocycles. The lowest BCUT2D eigenvalue weighted by molar-refractivity contribution is 0.0627. The van der Waals surface area contributed by atoms with E-state index in [1.165, 1.54) is 11.1 Å². The highest BCUT2D eigenvalue weighted by molar-refractivity contribution is 5.95. The van der Waals surface area contributed by atoms with E-state index in [1.807, 2.05) is 36.2 Å². The summed E-state index contributed by atoms with van der Waals surface area (Å²) in [6.45, 7) is 8.35. The molecule has 2 aromatic rings. The van der Waals surface area contributed by atoms with E-state index in [4.69, 9.17) is 0 Å². The van der Waals surface area contributed by atoms with E-state index in [1.54, 1.807) is 6.20 Å². The lowest BCUT2D eigenvalue weighted by atomic mass is 10.0. The number of benzene rings is 1. The van der Waals surface area contributed by atoms with Gasteiger partial charge in [0, 0.05) is 50.7 Å². The Labute approximate surface area is 137 Å². The largest absolute Gasteiger partial charge is 0.336 e. The van der Waals surface area contributed by atoms with Gasteiger partial charge in [0.25, 0.3) is 5.91 Å². The average Bonchev–Trinajstić information content (AvgIpc) is 2.56. The molecule has 2 heterocycles. The zero-order valence-corrected chi connectivity index (χ0v) is 13.8. The summed E-state index contributed by atoms with van der Waals surface area (Å²) in [4.78, 5) is 21.2. The van der Waals surface area contributed by atoms with Gasteiger partial charge in [-0.25, -0.2) is 0 Å². The monoisotopic (exact) mass is 309 g/mol. The van der Waals surface area contributed by atoms with Crippen LogP contribution in [0.15, 0.2) is 42.7 Å². The number of rotatable bonds is 3. The van der Waals surface area contributed by atoms with Crippen molar-refractivity contribution in [3.8, 4) is 0 Å². The summed E-state index contributed by atoms with van der Waals surface area (Å²) in [7, 11) is 0. The molecular weight excluding hydrogens is 286 g/mol. The number of hydrogen-bond donors (Lipinski definition) is 0. The summed E-state index contributed by atoms with van der Waals surface area (Å²) in [5, 5.41) is 0. The molecule has 0 bridgehead atoms. The molecule has 1 amide bonds. The molecule has 1 aromatic carbocycles. The third kappa shape index (κ3) is 3.77. The molecule has 1 saturated heterocycles. The molecule has 0 spiro atoms. The smallest absolute Gasteiger partial charge is 0.254 e. The molecule has 1 aromatic heterocycles. The molecule has 3 rings (SSSR count). The van der Waals surface area contributed by atoms with E-state index in [2.05, 4.69) is 28.9 Å². The van der Waals surface area contributed by atoms with E-state index in [0.717, 1.165) is 43.9 Å². The number of aryl methyl sites for hydroxylation is 2. The van der Waals surface area contributed by atoms with Gasteiger partial charge in [0.15, 0.2) is 0 Å². The van der Waals surface area contributed by atoms with Gasteiger partial charge in [-0.05, 0) is 37.1 Å². The Balaban J connectivity index is 1.59. The Morgan fingerprint density at radius 2 is 1.91 bits per heavy atom. The van der Waals surface area contributed by atoms with Crippen LogP contribution in [0.25, 0.3) is 0 Å². The first kappa shape index (κ1) is 15.7. The van der Waals surface area contributed by atoms with Crippen LogP contribution in [0, 0.1) is 13.8 Å². The molecule has 0 atom stereocenters. The van der Waals surface area contributed by atoms with Crippen molar-refractivity contribution < 1.29 is 4.79 Å². The highest BCUT2D eigenvalue weighted by Crippen LogP contribution is 2.15. The normalized spacial score (nSPS) is 15.7. The van der Waals surface area contributed by atoms with E-state index in [0.29, 0.717) is 0 Å². The standard InChI is InChI=1S/C19H23N3O/c1-15-5-6-18(16(2)12-15)19(23)22-10-8-21(9-11-22)14-17-4-3-7-20-13-17/h3-7,12-13H,8-11,14H2,1-2H3. The lowest BCUT2D eigenvalue weighted by Crippen LogP contribution is -2.48. The van der Waals surface area contributed by atoms with Crippen LogP contribution in [0.3, 0.4) is 0 Å². The second-order valence-corrected chi connectivity index (χ2v) is 6.25. The number of pyridine rings is 1. The first-order valence-electron chi connectivity index (χ1n) is 8.11. The molecule has 4 nitrogen and oxygen atoms in total. The predicted octanol–water partition coefficient (Wildman–Crippen LogP) is 2.66. The van der Waals surface area contributed by atoms with Gasteiger partial charge < -0.3 is 4.90 Å². The van der Waals surface area contributed by atoms with Gasteiger partial charge in [-0.1, -0.05) is 23.8 Å². The minimum atomic E-state index is 0.156. The van der Waals surface area contributed by atoms with Crippen molar-refractivity contribution >= 4 is 5.91 Å². The Hall–Kier alpha value is -2.20. The molecule has 1 fully saturated rings. The minimum absolute atomic E-state index is 0.156. The predicted molar refractivity (Wildman–Crippen MR) is 91.3 cm³/mol. The van der Waals surface area contributed by atoms with Crippen LogP contribution in [0.4, 0.5) is 0 Å². The zero-order valence-electron chi connectivity index (χ0n) is 13.8. The average molecular weight is 309 g/mol. The van der Waals surface area contributed by atoms with Crippen molar-refractivity contribution in [2.75, 3.05) is 26.2 Å². The number of hydrogen-bond acceptors (Lipinski definition) is 3. The number of nitrogens with zero attached hydrogens (tertiary/aromatic N) is 3. The van der Waals surface area contributed by atoms with Gasteiger partial charge in [-0.15, -0.1) is 0 Å². The molecule has 0 unspecified atom stereocenters. The quantitative estimate of drug-likeness (QED) is 0.874. The number of carbonyl (C=O) groups excluding carboxylic acids is 1. The van der Waals surface area contributed by atoms with E-state index >= 15 is 0 Å². The number of amides is 1. The van der Waals surface area contributed by atoms with E-state index in [9.17, 15) is 4.79 Å². The summed E-state index contributed by atoms with van der Waals surface area (Å²) in [5.74, 6) is 0.156. The maximum Gasteiger partial charge on any atom is 0.254 e. The summed E-state index contributed by atoms with van der Waals surface area (Å²) >= 11 is 0. The van der Waals surface area contributed by atoms with Gasteiger partial charge in [-0.3, -0.25) is 14.7 Å². The number of carbonyl (C=O) groups is 1. The van der Waals surface area contributed by atoms with Crippen LogP contribution in [0.2, 0.25) is 0 Å². The Kier molecular flexibility index (Phi) is 4.72. The summed E-state index contributed by atoms with van der Waals surface area (Å²) < 4.78 is 0. The third-order valence-electron chi connectivity index (χ3n) is 4.40. The third-order valence-corrected chi connectivity index (χ3v) is 4.40. The van der Waals surface area contributed by atoms with Gasteiger partial charge in [0.05, 0.1) is 0 Å². The van der Waals surface area contributed by atoms with Gasteiger partial charge >= 0.3 is 0 Å². The summed E-state index contributed by atoms with van der Waals surface area (Å²) in [6, 6.07) is 10.1. The second kappa shape index (κ2) is 6.92. The summed E-state index contributed by atoms with van der Waals surface area (Å²) in [6.07, 6.45) is 3.71. The fraction of sp³-hybridized carbons (Fsp3) is 0.368. The van der Waals surface area contributed by atoms with Crippen LogP contribution in [0.5, 0.6) is 0 Å². The molecule has 1 aliphatic rings. The number of piperazine rings is 1. The Bertz CT molecular complexity index is 676. The van der Waals surface area contributed by atoms with Crippen molar-refractivity contribution in [1.82, 2.24) is 14.8 Å². The Morgan fingerprint density at radius 3 is 2.57 bits per heavy atom. The molecule has 4 heteroatoms. The fourth-order valence-corrected chi connectivity index (χ4v) is 3.08. The molecule has 0 radical (unpaired) electrons. The lowest BCUT2D eigenvalue weighted by Gasteiger charge is -2.35. The van der Waals surface area contributed by atoms with Crippen LogP contribution >= 0.6 is 0 Å². The topological polar surface area (TPSA) is 36.4 Å². The maximum absolute atomic E-state index is 12.7. The number of aromatic nitrogens is 1. The zero-order chi connectivity index (χ0) is 16.2. The van der Waals surface area contributed by atoms with Gasteiger partial charge in [0.1, 0.15) is 0 Å². The first-order valence-corrected chi connectivity index (χ1v) is 8.11. The second-order valence-electron chi connectivity index (χ2n) is 6.25. The molecule has 23 heavy (non-hydrogen) atoms. The maximum atomic E-state index is 12.7. The fourth-order valence-electron chi connectivity index (χ4n) is 3.08. The molecule has 120 valence electrons. The van der Waals surface area contributed by atoms with E-state index in [-0.39, 0.29) is 5.91 Å². The molecule has 0 N–H and O–H groups in total. The van der Waals surface area contributed by atoms with Crippen molar-refractivity contribution in [2.45, 2.75) is 20.4 Å². The first-order chi connectivity index (χ1) is 11.1. The molecule has 0 aliphatic carbocycles. The van der Waals surface area contributed by atoms with Crippen molar-refractivity contribution in [3.63, 3.8) is 0 Å². The van der Waals surface area contributed by atoms with Crippen LogP contribution in [-0.2, 0) is 6.54 Å². The SMILES string of the molecule is Cc1ccc(C(=O)N2CCN(Cc3cccnc3)CC2)c(C)c1. The minimum Gasteiger partial charge on any atom is -0.336 e. The van der Waals surface area contributed by atoms with Crippen molar-refractivity contribution in [1.29, 1.82) is 0 Å². The Morgan fingerprint density at radius 1 is 1.13 bits per heavy atom. The van der Waals surface area contributed by atoms with E-state index < -0.39 is 0 Å². The summed E-state index contributed by atoms with van der Waals surface area (Å²) in [5.41, 5.74) is 4.31. The van der Waals surface area contributed by atoms with Crippen molar-refractivity contribution in [3.05, 3.63) is 65.0 Å². The highest BCUT2D eigenvalue weighted by atomic mass is 16.2. The van der Waals surface area contributed by atoms with Crippen LogP contribution in [-0.4, -0.2) is 46.9 Å². The molecular formula is C19H23N3O. The van der Waals surface area contributed by atoms with Gasteiger partial charge in [0.2, 0.25) is 0 Å². The van der Waals surface area contributed by atoms with Crippen LogP contribution in [0.1, 0.15) is 27.0 Å². The highest BCUT2D eigenvalue weighted by Gasteiger charge is 2.23.